The standard InChI is InChI=1S/C15H26N2O/c1-4-16-13(3)14-9-6-7-10-15(14)17(5-2)11-8-12-18/h6-7,9-10,13,16,18H,4-5,8,11-12H2,1-3H3. The van der Waals surface area contributed by atoms with Crippen molar-refractivity contribution in [2.45, 2.75) is 33.2 Å². The molecule has 1 atom stereocenters. The fourth-order valence-corrected chi connectivity index (χ4v) is 2.27. The van der Waals surface area contributed by atoms with Crippen LogP contribution in [0.2, 0.25) is 0 Å². The molecule has 0 radical (unpaired) electrons. The summed E-state index contributed by atoms with van der Waals surface area (Å²) >= 11 is 0. The molecule has 0 spiro atoms. The molecular weight excluding hydrogens is 224 g/mol. The number of hydrogen-bond acceptors (Lipinski definition) is 3. The largest absolute Gasteiger partial charge is 0.396 e. The van der Waals surface area contributed by atoms with E-state index in [2.05, 4.69) is 55.3 Å². The van der Waals surface area contributed by atoms with Gasteiger partial charge in [-0.2, -0.15) is 0 Å². The summed E-state index contributed by atoms with van der Waals surface area (Å²) in [5, 5.41) is 12.4. The lowest BCUT2D eigenvalue weighted by atomic mass is 10.0. The van der Waals surface area contributed by atoms with E-state index in [4.69, 9.17) is 5.11 Å². The highest BCUT2D eigenvalue weighted by molar-refractivity contribution is 5.54. The molecule has 18 heavy (non-hydrogen) atoms. The number of aliphatic hydroxyl groups excluding tert-OH is 1. The minimum absolute atomic E-state index is 0.251. The highest BCUT2D eigenvalue weighted by Gasteiger charge is 2.13. The molecule has 3 heteroatoms. The summed E-state index contributed by atoms with van der Waals surface area (Å²) < 4.78 is 0. The van der Waals surface area contributed by atoms with E-state index in [1.165, 1.54) is 11.3 Å². The maximum Gasteiger partial charge on any atom is 0.0447 e. The Bertz CT molecular complexity index is 341. The summed E-state index contributed by atoms with van der Waals surface area (Å²) in [4.78, 5) is 2.33. The van der Waals surface area contributed by atoms with E-state index in [0.717, 1.165) is 26.1 Å². The normalized spacial score (nSPS) is 12.4. The van der Waals surface area contributed by atoms with Crippen molar-refractivity contribution >= 4 is 5.69 Å². The lowest BCUT2D eigenvalue weighted by Crippen LogP contribution is -2.28. The Morgan fingerprint density at radius 2 is 2.00 bits per heavy atom. The number of rotatable bonds is 8. The van der Waals surface area contributed by atoms with E-state index in [-0.39, 0.29) is 6.61 Å². The Hall–Kier alpha value is -1.06. The van der Waals surface area contributed by atoms with Crippen molar-refractivity contribution in [3.8, 4) is 0 Å². The summed E-state index contributed by atoms with van der Waals surface area (Å²) in [5.74, 6) is 0. The molecule has 0 aromatic heterocycles. The highest BCUT2D eigenvalue weighted by atomic mass is 16.3. The van der Waals surface area contributed by atoms with E-state index < -0.39 is 0 Å². The van der Waals surface area contributed by atoms with Gasteiger partial charge in [0, 0.05) is 31.4 Å². The van der Waals surface area contributed by atoms with Gasteiger partial charge in [-0.25, -0.2) is 0 Å². The van der Waals surface area contributed by atoms with Gasteiger partial charge < -0.3 is 15.3 Å². The molecule has 0 amide bonds. The van der Waals surface area contributed by atoms with Gasteiger partial charge in [0.2, 0.25) is 0 Å². The molecule has 0 aliphatic rings. The van der Waals surface area contributed by atoms with E-state index in [1.54, 1.807) is 0 Å². The third-order valence-corrected chi connectivity index (χ3v) is 3.22. The second kappa shape index (κ2) is 8.11. The quantitative estimate of drug-likeness (QED) is 0.744. The predicted molar refractivity (Wildman–Crippen MR) is 78.1 cm³/mol. The summed E-state index contributed by atoms with van der Waals surface area (Å²) in [6.45, 7) is 9.58. The van der Waals surface area contributed by atoms with Crippen molar-refractivity contribution in [3.63, 3.8) is 0 Å². The number of aliphatic hydroxyl groups is 1. The lowest BCUT2D eigenvalue weighted by molar-refractivity contribution is 0.289. The molecular formula is C15H26N2O. The second-order valence-electron chi connectivity index (χ2n) is 4.50. The maximum atomic E-state index is 8.98. The smallest absolute Gasteiger partial charge is 0.0447 e. The number of hydrogen-bond donors (Lipinski definition) is 2. The van der Waals surface area contributed by atoms with Crippen molar-refractivity contribution < 1.29 is 5.11 Å². The van der Waals surface area contributed by atoms with Gasteiger partial charge in [0.15, 0.2) is 0 Å². The zero-order valence-corrected chi connectivity index (χ0v) is 11.8. The molecule has 0 fully saturated rings. The Balaban J connectivity index is 2.91. The number of nitrogens with one attached hydrogen (secondary N) is 1. The predicted octanol–water partition coefficient (Wildman–Crippen LogP) is 2.57. The van der Waals surface area contributed by atoms with Crippen LogP contribution in [0.4, 0.5) is 5.69 Å². The van der Waals surface area contributed by atoms with Crippen LogP contribution in [-0.2, 0) is 0 Å². The summed E-state index contributed by atoms with van der Waals surface area (Å²) in [7, 11) is 0. The van der Waals surface area contributed by atoms with E-state index in [9.17, 15) is 0 Å². The monoisotopic (exact) mass is 250 g/mol. The van der Waals surface area contributed by atoms with Crippen molar-refractivity contribution in [1.29, 1.82) is 0 Å². The van der Waals surface area contributed by atoms with Crippen LogP contribution in [0.5, 0.6) is 0 Å². The second-order valence-corrected chi connectivity index (χ2v) is 4.50. The fraction of sp³-hybridized carbons (Fsp3) is 0.600. The van der Waals surface area contributed by atoms with Crippen LogP contribution in [-0.4, -0.2) is 31.3 Å². The first kappa shape index (κ1) is 15.0. The van der Waals surface area contributed by atoms with Gasteiger partial charge in [-0.3, -0.25) is 0 Å². The summed E-state index contributed by atoms with van der Waals surface area (Å²) in [5.41, 5.74) is 2.61. The Labute approximate surface area is 111 Å². The fourth-order valence-electron chi connectivity index (χ4n) is 2.27. The van der Waals surface area contributed by atoms with Crippen molar-refractivity contribution in [1.82, 2.24) is 5.32 Å². The van der Waals surface area contributed by atoms with Crippen LogP contribution in [0.15, 0.2) is 24.3 Å². The number of anilines is 1. The van der Waals surface area contributed by atoms with Crippen LogP contribution in [0.1, 0.15) is 38.8 Å². The molecule has 3 nitrogen and oxygen atoms in total. The van der Waals surface area contributed by atoms with Crippen molar-refractivity contribution in [2.75, 3.05) is 31.1 Å². The van der Waals surface area contributed by atoms with Crippen LogP contribution < -0.4 is 10.2 Å². The molecule has 0 saturated heterocycles. The average molecular weight is 250 g/mol. The van der Waals surface area contributed by atoms with Crippen LogP contribution in [0.3, 0.4) is 0 Å². The molecule has 0 heterocycles. The zero-order valence-electron chi connectivity index (χ0n) is 11.8. The minimum atomic E-state index is 0.251. The number of nitrogens with zero attached hydrogens (tertiary/aromatic N) is 1. The first-order valence-electron chi connectivity index (χ1n) is 6.92. The molecule has 1 aromatic carbocycles. The number of benzene rings is 1. The first-order chi connectivity index (χ1) is 8.74. The molecule has 2 N–H and O–H groups in total. The minimum Gasteiger partial charge on any atom is -0.396 e. The van der Waals surface area contributed by atoms with Gasteiger partial charge >= 0.3 is 0 Å². The summed E-state index contributed by atoms with van der Waals surface area (Å²) in [6.07, 6.45) is 0.817. The molecule has 1 rings (SSSR count). The van der Waals surface area contributed by atoms with Gasteiger partial charge in [0.1, 0.15) is 0 Å². The van der Waals surface area contributed by atoms with Crippen LogP contribution in [0.25, 0.3) is 0 Å². The Morgan fingerprint density at radius 1 is 1.28 bits per heavy atom. The number of para-hydroxylation sites is 1. The third kappa shape index (κ3) is 4.00. The van der Waals surface area contributed by atoms with Crippen molar-refractivity contribution in [2.24, 2.45) is 0 Å². The van der Waals surface area contributed by atoms with Crippen molar-refractivity contribution in [3.05, 3.63) is 29.8 Å². The lowest BCUT2D eigenvalue weighted by Gasteiger charge is -2.28. The van der Waals surface area contributed by atoms with Gasteiger partial charge in [0.05, 0.1) is 0 Å². The van der Waals surface area contributed by atoms with Crippen LogP contribution in [0, 0.1) is 0 Å². The highest BCUT2D eigenvalue weighted by Crippen LogP contribution is 2.26. The summed E-state index contributed by atoms with van der Waals surface area (Å²) in [6, 6.07) is 8.88. The van der Waals surface area contributed by atoms with Gasteiger partial charge in [0.25, 0.3) is 0 Å². The van der Waals surface area contributed by atoms with Gasteiger partial charge in [-0.15, -0.1) is 0 Å². The molecule has 1 unspecified atom stereocenters. The molecule has 1 aromatic rings. The average Bonchev–Trinajstić information content (AvgIpc) is 2.40. The topological polar surface area (TPSA) is 35.5 Å². The third-order valence-electron chi connectivity index (χ3n) is 3.22. The van der Waals surface area contributed by atoms with E-state index in [0.29, 0.717) is 6.04 Å². The molecule has 0 aliphatic carbocycles. The van der Waals surface area contributed by atoms with E-state index >= 15 is 0 Å². The van der Waals surface area contributed by atoms with Gasteiger partial charge in [-0.05, 0) is 38.4 Å². The SMILES string of the molecule is CCNC(C)c1ccccc1N(CC)CCCO. The Morgan fingerprint density at radius 3 is 2.61 bits per heavy atom. The molecule has 102 valence electrons. The Kier molecular flexibility index (Phi) is 6.76. The van der Waals surface area contributed by atoms with E-state index in [1.807, 2.05) is 0 Å². The maximum absolute atomic E-state index is 8.98. The molecule has 0 bridgehead atoms. The van der Waals surface area contributed by atoms with Gasteiger partial charge in [-0.1, -0.05) is 25.1 Å². The molecule has 0 aliphatic heterocycles. The van der Waals surface area contributed by atoms with Crippen LogP contribution >= 0.6 is 0 Å². The zero-order chi connectivity index (χ0) is 13.4. The molecule has 0 saturated carbocycles. The first-order valence-corrected chi connectivity index (χ1v) is 6.92.